The number of benzene rings is 1. The van der Waals surface area contributed by atoms with Crippen molar-refractivity contribution in [1.29, 1.82) is 0 Å². The number of carbonyl (C=O) groups is 2. The van der Waals surface area contributed by atoms with Gasteiger partial charge in [0.2, 0.25) is 0 Å². The molecule has 0 aromatic heterocycles. The monoisotopic (exact) mass is 236 g/mol. The van der Waals surface area contributed by atoms with Gasteiger partial charge >= 0.3 is 5.97 Å². The standard InChI is InChI=1S/C12H16N2O3/c1-8(11(15)14(2)3)17-12(16)9-4-6-10(13)7-5-9/h4-8H,13H2,1-3H3. The molecule has 0 saturated carbocycles. The summed E-state index contributed by atoms with van der Waals surface area (Å²) in [6.45, 7) is 1.54. The molecule has 0 bridgehead atoms. The summed E-state index contributed by atoms with van der Waals surface area (Å²) in [4.78, 5) is 24.5. The van der Waals surface area contributed by atoms with Gasteiger partial charge in [-0.2, -0.15) is 0 Å². The summed E-state index contributed by atoms with van der Waals surface area (Å²) < 4.78 is 5.03. The molecule has 17 heavy (non-hydrogen) atoms. The molecule has 1 amide bonds. The van der Waals surface area contributed by atoms with Gasteiger partial charge in [-0.3, -0.25) is 4.79 Å². The van der Waals surface area contributed by atoms with E-state index in [0.29, 0.717) is 11.3 Å². The predicted octanol–water partition coefficient (Wildman–Crippen LogP) is 0.902. The Kier molecular flexibility index (Phi) is 4.09. The van der Waals surface area contributed by atoms with Crippen LogP contribution in [-0.4, -0.2) is 37.0 Å². The van der Waals surface area contributed by atoms with Crippen LogP contribution in [0.25, 0.3) is 0 Å². The van der Waals surface area contributed by atoms with Crippen LogP contribution in [0.4, 0.5) is 5.69 Å². The highest BCUT2D eigenvalue weighted by Gasteiger charge is 2.19. The van der Waals surface area contributed by atoms with E-state index in [2.05, 4.69) is 0 Å². The lowest BCUT2D eigenvalue weighted by atomic mass is 10.2. The number of hydrogen-bond donors (Lipinski definition) is 1. The minimum Gasteiger partial charge on any atom is -0.449 e. The summed E-state index contributed by atoms with van der Waals surface area (Å²) in [7, 11) is 3.21. The molecule has 0 aliphatic carbocycles. The van der Waals surface area contributed by atoms with Gasteiger partial charge in [0, 0.05) is 19.8 Å². The molecule has 0 saturated heterocycles. The first-order chi connectivity index (χ1) is 7.91. The third-order valence-electron chi connectivity index (χ3n) is 2.22. The van der Waals surface area contributed by atoms with E-state index in [-0.39, 0.29) is 5.91 Å². The lowest BCUT2D eigenvalue weighted by Crippen LogP contribution is -2.34. The smallest absolute Gasteiger partial charge is 0.338 e. The number of anilines is 1. The van der Waals surface area contributed by atoms with Crippen LogP contribution in [0.1, 0.15) is 17.3 Å². The summed E-state index contributed by atoms with van der Waals surface area (Å²) in [5.74, 6) is -0.790. The molecule has 0 fully saturated rings. The van der Waals surface area contributed by atoms with Crippen LogP contribution in [0.15, 0.2) is 24.3 Å². The van der Waals surface area contributed by atoms with Gasteiger partial charge in [-0.15, -0.1) is 0 Å². The molecule has 0 aliphatic heterocycles. The topological polar surface area (TPSA) is 72.6 Å². The summed E-state index contributed by atoms with van der Waals surface area (Å²) >= 11 is 0. The quantitative estimate of drug-likeness (QED) is 0.625. The fourth-order valence-corrected chi connectivity index (χ4v) is 1.26. The molecule has 0 radical (unpaired) electrons. The van der Waals surface area contributed by atoms with Crippen LogP contribution in [0, 0.1) is 0 Å². The average molecular weight is 236 g/mol. The summed E-state index contributed by atoms with van der Waals surface area (Å²) in [6, 6.07) is 6.33. The van der Waals surface area contributed by atoms with Crippen LogP contribution >= 0.6 is 0 Å². The van der Waals surface area contributed by atoms with Crippen molar-refractivity contribution < 1.29 is 14.3 Å². The average Bonchev–Trinajstić information content (AvgIpc) is 2.28. The van der Waals surface area contributed by atoms with E-state index < -0.39 is 12.1 Å². The Balaban J connectivity index is 2.66. The van der Waals surface area contributed by atoms with Gasteiger partial charge in [-0.1, -0.05) is 0 Å². The van der Waals surface area contributed by atoms with Crippen LogP contribution in [0.3, 0.4) is 0 Å². The zero-order valence-electron chi connectivity index (χ0n) is 10.1. The largest absolute Gasteiger partial charge is 0.449 e. The predicted molar refractivity (Wildman–Crippen MR) is 64.4 cm³/mol. The van der Waals surface area contributed by atoms with Crippen molar-refractivity contribution in [2.75, 3.05) is 19.8 Å². The molecule has 1 atom stereocenters. The Morgan fingerprint density at radius 1 is 1.24 bits per heavy atom. The van der Waals surface area contributed by atoms with E-state index in [1.54, 1.807) is 38.4 Å². The highest BCUT2D eigenvalue weighted by Crippen LogP contribution is 2.08. The molecule has 5 heteroatoms. The minimum atomic E-state index is -0.796. The first-order valence-corrected chi connectivity index (χ1v) is 5.19. The van der Waals surface area contributed by atoms with E-state index in [9.17, 15) is 9.59 Å². The molecular formula is C12H16N2O3. The molecule has 1 aromatic carbocycles. The number of rotatable bonds is 3. The maximum Gasteiger partial charge on any atom is 0.338 e. The highest BCUT2D eigenvalue weighted by atomic mass is 16.5. The third-order valence-corrected chi connectivity index (χ3v) is 2.22. The Morgan fingerprint density at radius 3 is 2.24 bits per heavy atom. The number of nitrogens with two attached hydrogens (primary N) is 1. The van der Waals surface area contributed by atoms with Crippen LogP contribution in [0.2, 0.25) is 0 Å². The first-order valence-electron chi connectivity index (χ1n) is 5.19. The van der Waals surface area contributed by atoms with Crippen molar-refractivity contribution in [2.24, 2.45) is 0 Å². The van der Waals surface area contributed by atoms with Crippen molar-refractivity contribution in [3.05, 3.63) is 29.8 Å². The number of nitrogen functional groups attached to an aromatic ring is 1. The van der Waals surface area contributed by atoms with Crippen LogP contribution in [-0.2, 0) is 9.53 Å². The number of nitrogens with zero attached hydrogens (tertiary/aromatic N) is 1. The maximum atomic E-state index is 11.7. The second kappa shape index (κ2) is 5.34. The second-order valence-corrected chi connectivity index (χ2v) is 3.90. The molecule has 1 rings (SSSR count). The fraction of sp³-hybridized carbons (Fsp3) is 0.333. The van der Waals surface area contributed by atoms with E-state index in [1.807, 2.05) is 0 Å². The molecule has 1 unspecified atom stereocenters. The van der Waals surface area contributed by atoms with Crippen LogP contribution < -0.4 is 5.73 Å². The van der Waals surface area contributed by atoms with Gasteiger partial charge in [0.1, 0.15) is 0 Å². The minimum absolute atomic E-state index is 0.256. The number of likely N-dealkylation sites (N-methyl/N-ethyl adjacent to an activating group) is 1. The Bertz CT molecular complexity index is 412. The molecule has 92 valence electrons. The van der Waals surface area contributed by atoms with Gasteiger partial charge in [0.15, 0.2) is 6.10 Å². The van der Waals surface area contributed by atoms with Crippen molar-refractivity contribution in [3.63, 3.8) is 0 Å². The fourth-order valence-electron chi connectivity index (χ4n) is 1.26. The molecule has 2 N–H and O–H groups in total. The van der Waals surface area contributed by atoms with Crippen molar-refractivity contribution in [3.8, 4) is 0 Å². The lowest BCUT2D eigenvalue weighted by molar-refractivity contribution is -0.137. The summed E-state index contributed by atoms with van der Waals surface area (Å²) in [5, 5.41) is 0. The van der Waals surface area contributed by atoms with E-state index in [1.165, 1.54) is 11.8 Å². The Hall–Kier alpha value is -2.04. The number of ether oxygens (including phenoxy) is 1. The maximum absolute atomic E-state index is 11.7. The van der Waals surface area contributed by atoms with Gasteiger partial charge in [0.05, 0.1) is 5.56 Å². The van der Waals surface area contributed by atoms with Gasteiger partial charge < -0.3 is 15.4 Å². The normalized spacial score (nSPS) is 11.7. The van der Waals surface area contributed by atoms with E-state index in [4.69, 9.17) is 10.5 Å². The van der Waals surface area contributed by atoms with E-state index >= 15 is 0 Å². The highest BCUT2D eigenvalue weighted by molar-refractivity contribution is 5.92. The zero-order valence-corrected chi connectivity index (χ0v) is 10.1. The molecule has 0 heterocycles. The Morgan fingerprint density at radius 2 is 1.76 bits per heavy atom. The Labute approximate surface area is 100 Å². The molecule has 0 aliphatic rings. The number of esters is 1. The van der Waals surface area contributed by atoms with Gasteiger partial charge in [-0.25, -0.2) is 4.79 Å². The molecule has 1 aromatic rings. The van der Waals surface area contributed by atoms with Crippen LogP contribution in [0.5, 0.6) is 0 Å². The second-order valence-electron chi connectivity index (χ2n) is 3.90. The van der Waals surface area contributed by atoms with Crippen molar-refractivity contribution >= 4 is 17.6 Å². The molecule has 5 nitrogen and oxygen atoms in total. The summed E-state index contributed by atoms with van der Waals surface area (Å²) in [5.41, 5.74) is 6.44. The van der Waals surface area contributed by atoms with Gasteiger partial charge in [-0.05, 0) is 31.2 Å². The third kappa shape index (κ3) is 3.48. The zero-order chi connectivity index (χ0) is 13.0. The lowest BCUT2D eigenvalue weighted by Gasteiger charge is -2.17. The van der Waals surface area contributed by atoms with Crippen molar-refractivity contribution in [1.82, 2.24) is 4.90 Å². The number of carbonyl (C=O) groups excluding carboxylic acids is 2. The molecule has 0 spiro atoms. The van der Waals surface area contributed by atoms with Crippen molar-refractivity contribution in [2.45, 2.75) is 13.0 Å². The first kappa shape index (κ1) is 13.0. The molecular weight excluding hydrogens is 220 g/mol. The van der Waals surface area contributed by atoms with E-state index in [0.717, 1.165) is 0 Å². The number of amides is 1. The summed E-state index contributed by atoms with van der Waals surface area (Å²) in [6.07, 6.45) is -0.796. The SMILES string of the molecule is CC(OC(=O)c1ccc(N)cc1)C(=O)N(C)C. The number of hydrogen-bond acceptors (Lipinski definition) is 4. The van der Waals surface area contributed by atoms with Gasteiger partial charge in [0.25, 0.3) is 5.91 Å².